The molecule has 0 amide bonds. The third kappa shape index (κ3) is 1.36. The van der Waals surface area contributed by atoms with E-state index in [0.717, 1.165) is 36.3 Å². The Morgan fingerprint density at radius 1 is 1.50 bits per heavy atom. The van der Waals surface area contributed by atoms with Crippen LogP contribution in [0.3, 0.4) is 0 Å². The zero-order chi connectivity index (χ0) is 11.1. The summed E-state index contributed by atoms with van der Waals surface area (Å²) in [4.78, 5) is 4.26. The Bertz CT molecular complexity index is 453. The first-order chi connectivity index (χ1) is 7.81. The molecule has 0 spiro atoms. The first-order valence-corrected chi connectivity index (χ1v) is 5.64. The van der Waals surface area contributed by atoms with Gasteiger partial charge in [0.1, 0.15) is 11.9 Å². The van der Waals surface area contributed by atoms with Gasteiger partial charge in [0.15, 0.2) is 0 Å². The molecule has 0 radical (unpaired) electrons. The van der Waals surface area contributed by atoms with Gasteiger partial charge in [0, 0.05) is 25.3 Å². The van der Waals surface area contributed by atoms with E-state index in [0.29, 0.717) is 11.6 Å². The molecule has 2 atom stereocenters. The normalized spacial score (nSPS) is 30.6. The number of nitrogens with one attached hydrogen (secondary N) is 2. The SMILES string of the molecule is Cc1ccnc(NC2C3CNCC32)c1C#N. The van der Waals surface area contributed by atoms with E-state index in [2.05, 4.69) is 21.7 Å². The molecule has 0 bridgehead atoms. The predicted molar refractivity (Wildman–Crippen MR) is 60.9 cm³/mol. The van der Waals surface area contributed by atoms with Crippen LogP contribution in [-0.4, -0.2) is 24.1 Å². The van der Waals surface area contributed by atoms with E-state index in [1.807, 2.05) is 13.0 Å². The maximum Gasteiger partial charge on any atom is 0.144 e. The molecule has 1 aliphatic heterocycles. The highest BCUT2D eigenvalue weighted by Crippen LogP contribution is 2.43. The molecule has 2 N–H and O–H groups in total. The highest BCUT2D eigenvalue weighted by atomic mass is 15.1. The van der Waals surface area contributed by atoms with E-state index in [1.165, 1.54) is 0 Å². The van der Waals surface area contributed by atoms with Gasteiger partial charge in [0.25, 0.3) is 0 Å². The van der Waals surface area contributed by atoms with Crippen LogP contribution in [0.2, 0.25) is 0 Å². The molecule has 4 heteroatoms. The number of hydrogen-bond donors (Lipinski definition) is 2. The summed E-state index contributed by atoms with van der Waals surface area (Å²) in [5.74, 6) is 2.21. The van der Waals surface area contributed by atoms with Gasteiger partial charge in [-0.25, -0.2) is 4.98 Å². The molecule has 1 aromatic rings. The summed E-state index contributed by atoms with van der Waals surface area (Å²) in [6, 6.07) is 4.61. The minimum absolute atomic E-state index is 0.516. The number of fused-ring (bicyclic) bond motifs is 1. The highest BCUT2D eigenvalue weighted by molar-refractivity contribution is 5.56. The smallest absolute Gasteiger partial charge is 0.144 e. The molecule has 1 saturated carbocycles. The number of hydrogen-bond acceptors (Lipinski definition) is 4. The molecule has 82 valence electrons. The van der Waals surface area contributed by atoms with Crippen molar-refractivity contribution < 1.29 is 0 Å². The van der Waals surface area contributed by atoms with E-state index in [-0.39, 0.29) is 0 Å². The number of aryl methyl sites for hydroxylation is 1. The van der Waals surface area contributed by atoms with Crippen LogP contribution in [0.4, 0.5) is 5.82 Å². The Hall–Kier alpha value is -1.60. The number of nitrogens with zero attached hydrogens (tertiary/aromatic N) is 2. The van der Waals surface area contributed by atoms with Crippen molar-refractivity contribution in [3.63, 3.8) is 0 Å². The van der Waals surface area contributed by atoms with Crippen LogP contribution in [0.1, 0.15) is 11.1 Å². The van der Waals surface area contributed by atoms with E-state index in [4.69, 9.17) is 5.26 Å². The molecule has 1 aliphatic carbocycles. The fraction of sp³-hybridized carbons (Fsp3) is 0.500. The molecule has 16 heavy (non-hydrogen) atoms. The molecule has 0 aromatic carbocycles. The van der Waals surface area contributed by atoms with E-state index < -0.39 is 0 Å². The van der Waals surface area contributed by atoms with Crippen molar-refractivity contribution in [3.05, 3.63) is 23.4 Å². The summed E-state index contributed by atoms with van der Waals surface area (Å²) >= 11 is 0. The largest absolute Gasteiger partial charge is 0.366 e. The van der Waals surface area contributed by atoms with Crippen molar-refractivity contribution >= 4 is 5.82 Å². The van der Waals surface area contributed by atoms with Crippen molar-refractivity contribution in [2.45, 2.75) is 13.0 Å². The van der Waals surface area contributed by atoms with E-state index >= 15 is 0 Å². The third-order valence-electron chi connectivity index (χ3n) is 3.67. The first-order valence-electron chi connectivity index (χ1n) is 5.64. The van der Waals surface area contributed by atoms with Crippen LogP contribution in [0.5, 0.6) is 0 Å². The van der Waals surface area contributed by atoms with Crippen LogP contribution in [0.15, 0.2) is 12.3 Å². The van der Waals surface area contributed by atoms with Gasteiger partial charge in [0.2, 0.25) is 0 Å². The van der Waals surface area contributed by atoms with Gasteiger partial charge in [-0.05, 0) is 30.4 Å². The molecule has 1 aromatic heterocycles. The molecular weight excluding hydrogens is 200 g/mol. The summed E-state index contributed by atoms with van der Waals surface area (Å²) in [6.45, 7) is 4.13. The second-order valence-electron chi connectivity index (χ2n) is 4.62. The van der Waals surface area contributed by atoms with E-state index in [1.54, 1.807) is 6.20 Å². The minimum Gasteiger partial charge on any atom is -0.366 e. The quantitative estimate of drug-likeness (QED) is 0.767. The van der Waals surface area contributed by atoms with E-state index in [9.17, 15) is 0 Å². The fourth-order valence-corrected chi connectivity index (χ4v) is 2.60. The van der Waals surface area contributed by atoms with Gasteiger partial charge in [-0.2, -0.15) is 5.26 Å². The van der Waals surface area contributed by atoms with Crippen LogP contribution >= 0.6 is 0 Å². The second kappa shape index (κ2) is 3.46. The average molecular weight is 214 g/mol. The molecule has 3 rings (SSSR count). The monoisotopic (exact) mass is 214 g/mol. The van der Waals surface area contributed by atoms with Gasteiger partial charge in [-0.3, -0.25) is 0 Å². The number of pyridine rings is 1. The topological polar surface area (TPSA) is 60.7 Å². The summed E-state index contributed by atoms with van der Waals surface area (Å²) in [5.41, 5.74) is 1.67. The summed E-state index contributed by atoms with van der Waals surface area (Å²) in [5, 5.41) is 15.8. The molecule has 4 nitrogen and oxygen atoms in total. The molecule has 2 fully saturated rings. The Morgan fingerprint density at radius 2 is 2.25 bits per heavy atom. The van der Waals surface area contributed by atoms with Gasteiger partial charge < -0.3 is 10.6 Å². The lowest BCUT2D eigenvalue weighted by atomic mass is 10.1. The lowest BCUT2D eigenvalue weighted by molar-refractivity contribution is 0.695. The summed E-state index contributed by atoms with van der Waals surface area (Å²) in [7, 11) is 0. The fourth-order valence-electron chi connectivity index (χ4n) is 2.60. The number of aromatic nitrogens is 1. The lowest BCUT2D eigenvalue weighted by Crippen LogP contribution is -2.22. The molecular formula is C12H14N4. The number of rotatable bonds is 2. The first kappa shape index (κ1) is 9.61. The van der Waals surface area contributed by atoms with Crippen LogP contribution in [0.25, 0.3) is 0 Å². The Kier molecular flexibility index (Phi) is 2.08. The van der Waals surface area contributed by atoms with Gasteiger partial charge >= 0.3 is 0 Å². The lowest BCUT2D eigenvalue weighted by Gasteiger charge is -2.10. The maximum atomic E-state index is 9.09. The van der Waals surface area contributed by atoms with Crippen molar-refractivity contribution in [1.82, 2.24) is 10.3 Å². The Balaban J connectivity index is 1.80. The van der Waals surface area contributed by atoms with Crippen molar-refractivity contribution in [3.8, 4) is 6.07 Å². The molecule has 2 heterocycles. The van der Waals surface area contributed by atoms with Crippen LogP contribution < -0.4 is 10.6 Å². The maximum absolute atomic E-state index is 9.09. The predicted octanol–water partition coefficient (Wildman–Crippen LogP) is 0.891. The van der Waals surface area contributed by atoms with Crippen molar-refractivity contribution in [1.29, 1.82) is 5.26 Å². The third-order valence-corrected chi connectivity index (χ3v) is 3.67. The van der Waals surface area contributed by atoms with Gasteiger partial charge in [0.05, 0.1) is 5.56 Å². The van der Waals surface area contributed by atoms with Crippen molar-refractivity contribution in [2.75, 3.05) is 18.4 Å². The minimum atomic E-state index is 0.516. The van der Waals surface area contributed by atoms with Gasteiger partial charge in [-0.1, -0.05) is 0 Å². The summed E-state index contributed by atoms with van der Waals surface area (Å²) < 4.78 is 0. The number of nitriles is 1. The second-order valence-corrected chi connectivity index (χ2v) is 4.62. The number of anilines is 1. The van der Waals surface area contributed by atoms with Gasteiger partial charge in [-0.15, -0.1) is 0 Å². The molecule has 2 unspecified atom stereocenters. The molecule has 2 aliphatic rings. The number of piperidine rings is 1. The standard InChI is InChI=1S/C12H14N4/c1-7-2-3-15-12(8(7)4-13)16-11-9-5-14-6-10(9)11/h2-3,9-11,14H,5-6H2,1H3,(H,15,16). The Morgan fingerprint density at radius 3 is 2.94 bits per heavy atom. The highest BCUT2D eigenvalue weighted by Gasteiger charge is 2.53. The summed E-state index contributed by atoms with van der Waals surface area (Å²) in [6.07, 6.45) is 1.76. The Labute approximate surface area is 94.7 Å². The van der Waals surface area contributed by atoms with Crippen LogP contribution in [0, 0.1) is 30.1 Å². The zero-order valence-corrected chi connectivity index (χ0v) is 9.20. The molecule has 1 saturated heterocycles. The average Bonchev–Trinajstić information content (AvgIpc) is 2.75. The zero-order valence-electron chi connectivity index (χ0n) is 9.20. The van der Waals surface area contributed by atoms with Crippen LogP contribution in [-0.2, 0) is 0 Å². The van der Waals surface area contributed by atoms with Crippen molar-refractivity contribution in [2.24, 2.45) is 11.8 Å².